The van der Waals surface area contributed by atoms with Crippen LogP contribution in [0.2, 0.25) is 0 Å². The van der Waals surface area contributed by atoms with Crippen LogP contribution in [0, 0.1) is 0 Å². The Hall–Kier alpha value is -3.45. The quantitative estimate of drug-likeness (QED) is 0.464. The van der Waals surface area contributed by atoms with Gasteiger partial charge in [-0.2, -0.15) is 5.10 Å². The third kappa shape index (κ3) is 4.80. The third-order valence-electron chi connectivity index (χ3n) is 3.74. The maximum Gasteiger partial charge on any atom is 0.271 e. The highest BCUT2D eigenvalue weighted by Gasteiger charge is 2.08. The summed E-state index contributed by atoms with van der Waals surface area (Å²) >= 11 is 1.37. The number of aromatic hydroxyl groups is 1. The first-order valence-corrected chi connectivity index (χ1v) is 9.00. The maximum atomic E-state index is 12.1. The van der Waals surface area contributed by atoms with Gasteiger partial charge in [-0.1, -0.05) is 18.2 Å². The van der Waals surface area contributed by atoms with Gasteiger partial charge in [0.1, 0.15) is 5.75 Å². The minimum Gasteiger partial charge on any atom is -0.508 e. The van der Waals surface area contributed by atoms with E-state index in [1.807, 2.05) is 17.5 Å². The van der Waals surface area contributed by atoms with Crippen LogP contribution in [0.15, 0.2) is 71.1 Å². The molecule has 0 saturated carbocycles. The Bertz CT molecular complexity index is 980. The number of hydrogen-bond acceptors (Lipinski definition) is 5. The van der Waals surface area contributed by atoms with Crippen molar-refractivity contribution >= 4 is 34.6 Å². The molecule has 1 aromatic heterocycles. The van der Waals surface area contributed by atoms with Gasteiger partial charge >= 0.3 is 0 Å². The topological polar surface area (TPSA) is 90.8 Å². The second kappa shape index (κ2) is 8.29. The second-order valence-corrected chi connectivity index (χ2v) is 6.64. The molecule has 0 aliphatic rings. The van der Waals surface area contributed by atoms with E-state index in [2.05, 4.69) is 15.8 Å². The van der Waals surface area contributed by atoms with Crippen LogP contribution in [0.4, 0.5) is 5.69 Å². The molecule has 0 aliphatic heterocycles. The van der Waals surface area contributed by atoms with E-state index in [1.54, 1.807) is 31.2 Å². The van der Waals surface area contributed by atoms with E-state index in [9.17, 15) is 14.7 Å². The standard InChI is InChI=1S/C20H17N3O3S/c1-13(22-23-19(25)14-7-9-17(24)10-8-14)15-4-2-5-16(12-15)21-20(26)18-6-3-11-27-18/h2-12,24H,1H3,(H,21,26)(H,23,25)/b22-13+. The van der Waals surface area contributed by atoms with Crippen LogP contribution in [0.25, 0.3) is 0 Å². The largest absolute Gasteiger partial charge is 0.508 e. The minimum atomic E-state index is -0.378. The van der Waals surface area contributed by atoms with Gasteiger partial charge in [0.2, 0.25) is 0 Å². The van der Waals surface area contributed by atoms with Crippen molar-refractivity contribution in [1.82, 2.24) is 5.43 Å². The van der Waals surface area contributed by atoms with Crippen molar-refractivity contribution < 1.29 is 14.7 Å². The van der Waals surface area contributed by atoms with Gasteiger partial charge in [0, 0.05) is 11.3 Å². The molecule has 2 aromatic carbocycles. The number of carbonyl (C=O) groups excluding carboxylic acids is 2. The lowest BCUT2D eigenvalue weighted by atomic mass is 10.1. The Morgan fingerprint density at radius 1 is 0.963 bits per heavy atom. The van der Waals surface area contributed by atoms with E-state index >= 15 is 0 Å². The smallest absolute Gasteiger partial charge is 0.271 e. The molecule has 0 spiro atoms. The van der Waals surface area contributed by atoms with Crippen molar-refractivity contribution in [3.05, 3.63) is 82.0 Å². The molecular weight excluding hydrogens is 362 g/mol. The first kappa shape index (κ1) is 18.3. The average molecular weight is 379 g/mol. The molecule has 6 nitrogen and oxygen atoms in total. The van der Waals surface area contributed by atoms with E-state index < -0.39 is 0 Å². The van der Waals surface area contributed by atoms with E-state index in [1.165, 1.54) is 35.6 Å². The predicted octanol–water partition coefficient (Wildman–Crippen LogP) is 3.86. The first-order valence-electron chi connectivity index (χ1n) is 8.12. The summed E-state index contributed by atoms with van der Waals surface area (Å²) in [5, 5.41) is 18.1. The number of benzene rings is 2. The summed E-state index contributed by atoms with van der Waals surface area (Å²) in [6.07, 6.45) is 0. The first-order chi connectivity index (χ1) is 13.0. The molecule has 27 heavy (non-hydrogen) atoms. The van der Waals surface area contributed by atoms with Gasteiger partial charge in [0.05, 0.1) is 10.6 Å². The molecule has 3 rings (SSSR count). The minimum absolute atomic E-state index is 0.0904. The molecule has 0 saturated heterocycles. The molecule has 0 fully saturated rings. The number of hydrazone groups is 1. The van der Waals surface area contributed by atoms with Crippen molar-refractivity contribution in [1.29, 1.82) is 0 Å². The number of phenols is 1. The molecule has 1 heterocycles. The van der Waals surface area contributed by atoms with E-state index in [0.717, 1.165) is 5.56 Å². The SMILES string of the molecule is C/C(=N\NC(=O)c1ccc(O)cc1)c1cccc(NC(=O)c2cccs2)c1. The summed E-state index contributed by atoms with van der Waals surface area (Å²) in [7, 11) is 0. The highest BCUT2D eigenvalue weighted by atomic mass is 32.1. The Kier molecular flexibility index (Phi) is 5.63. The second-order valence-electron chi connectivity index (χ2n) is 5.70. The van der Waals surface area contributed by atoms with Gasteiger partial charge in [-0.3, -0.25) is 9.59 Å². The van der Waals surface area contributed by atoms with Crippen molar-refractivity contribution in [2.75, 3.05) is 5.32 Å². The Morgan fingerprint density at radius 2 is 1.74 bits per heavy atom. The number of hydrogen-bond donors (Lipinski definition) is 3. The van der Waals surface area contributed by atoms with Gasteiger partial charge in [-0.15, -0.1) is 11.3 Å². The lowest BCUT2D eigenvalue weighted by molar-refractivity contribution is 0.0954. The van der Waals surface area contributed by atoms with E-state index in [-0.39, 0.29) is 17.6 Å². The Morgan fingerprint density at radius 3 is 2.44 bits per heavy atom. The van der Waals surface area contributed by atoms with Crippen LogP contribution in [-0.2, 0) is 0 Å². The number of nitrogens with zero attached hydrogens (tertiary/aromatic N) is 1. The number of thiophene rings is 1. The Balaban J connectivity index is 1.68. The lowest BCUT2D eigenvalue weighted by Crippen LogP contribution is -2.19. The summed E-state index contributed by atoms with van der Waals surface area (Å²) in [4.78, 5) is 24.9. The van der Waals surface area contributed by atoms with Crippen LogP contribution < -0.4 is 10.7 Å². The predicted molar refractivity (Wildman–Crippen MR) is 106 cm³/mol. The third-order valence-corrected chi connectivity index (χ3v) is 4.61. The number of carbonyl (C=O) groups is 2. The molecule has 0 bridgehead atoms. The summed E-state index contributed by atoms with van der Waals surface area (Å²) in [5.74, 6) is -0.457. The molecule has 3 N–H and O–H groups in total. The number of amides is 2. The number of rotatable bonds is 5. The molecule has 7 heteroatoms. The van der Waals surface area contributed by atoms with Crippen LogP contribution in [0.5, 0.6) is 5.75 Å². The van der Waals surface area contributed by atoms with Crippen molar-refractivity contribution in [3.63, 3.8) is 0 Å². The zero-order chi connectivity index (χ0) is 19.2. The number of phenolic OH excluding ortho intramolecular Hbond substituents is 1. The summed E-state index contributed by atoms with van der Waals surface area (Å²) in [5.41, 5.74) is 4.88. The summed E-state index contributed by atoms with van der Waals surface area (Å²) in [6, 6.07) is 16.7. The van der Waals surface area contributed by atoms with Crippen molar-refractivity contribution in [2.45, 2.75) is 6.92 Å². The maximum absolute atomic E-state index is 12.1. The van der Waals surface area contributed by atoms with Crippen LogP contribution in [0.3, 0.4) is 0 Å². The van der Waals surface area contributed by atoms with Crippen molar-refractivity contribution in [2.24, 2.45) is 5.10 Å². The van der Waals surface area contributed by atoms with Gasteiger partial charge in [-0.05, 0) is 60.3 Å². The van der Waals surface area contributed by atoms with Crippen LogP contribution in [0.1, 0.15) is 32.5 Å². The Labute approximate surface area is 160 Å². The van der Waals surface area contributed by atoms with Gasteiger partial charge in [0.25, 0.3) is 11.8 Å². The fourth-order valence-corrected chi connectivity index (χ4v) is 2.92. The molecule has 0 atom stereocenters. The lowest BCUT2D eigenvalue weighted by Gasteiger charge is -2.07. The molecule has 136 valence electrons. The zero-order valence-corrected chi connectivity index (χ0v) is 15.3. The fraction of sp³-hybridized carbons (Fsp3) is 0.0500. The zero-order valence-electron chi connectivity index (χ0n) is 14.5. The fourth-order valence-electron chi connectivity index (χ4n) is 2.30. The van der Waals surface area contributed by atoms with Gasteiger partial charge < -0.3 is 10.4 Å². The number of anilines is 1. The van der Waals surface area contributed by atoms with Gasteiger partial charge in [0.15, 0.2) is 0 Å². The van der Waals surface area contributed by atoms with Crippen molar-refractivity contribution in [3.8, 4) is 5.75 Å². The van der Waals surface area contributed by atoms with Crippen LogP contribution in [-0.4, -0.2) is 22.6 Å². The molecule has 3 aromatic rings. The van der Waals surface area contributed by atoms with Gasteiger partial charge in [-0.25, -0.2) is 5.43 Å². The average Bonchev–Trinajstić information content (AvgIpc) is 3.21. The van der Waals surface area contributed by atoms with E-state index in [0.29, 0.717) is 21.8 Å². The normalized spacial score (nSPS) is 11.1. The highest BCUT2D eigenvalue weighted by molar-refractivity contribution is 7.12. The highest BCUT2D eigenvalue weighted by Crippen LogP contribution is 2.15. The van der Waals surface area contributed by atoms with Crippen LogP contribution >= 0.6 is 11.3 Å². The summed E-state index contributed by atoms with van der Waals surface area (Å²) < 4.78 is 0. The molecule has 0 aliphatic carbocycles. The number of nitrogens with one attached hydrogen (secondary N) is 2. The summed E-state index contributed by atoms with van der Waals surface area (Å²) in [6.45, 7) is 1.76. The monoisotopic (exact) mass is 379 g/mol. The molecule has 0 unspecified atom stereocenters. The molecular formula is C20H17N3O3S. The molecule has 0 radical (unpaired) electrons. The molecule has 2 amide bonds. The van der Waals surface area contributed by atoms with E-state index in [4.69, 9.17) is 0 Å².